The fraction of sp³-hybridized carbons (Fsp3) is 0.267. The second-order valence-corrected chi connectivity index (χ2v) is 5.15. The van der Waals surface area contributed by atoms with Crippen LogP contribution in [-0.4, -0.2) is 52.2 Å². The molecule has 2 aromatic rings. The summed E-state index contributed by atoms with van der Waals surface area (Å²) in [6.45, 7) is 2.41. The lowest BCUT2D eigenvalue weighted by molar-refractivity contribution is 0.208. The fourth-order valence-electron chi connectivity index (χ4n) is 2.38. The van der Waals surface area contributed by atoms with Gasteiger partial charge in [-0.3, -0.25) is 5.32 Å². The van der Waals surface area contributed by atoms with Crippen LogP contribution in [0.3, 0.4) is 0 Å². The van der Waals surface area contributed by atoms with E-state index in [0.29, 0.717) is 26.2 Å². The molecule has 1 saturated heterocycles. The summed E-state index contributed by atoms with van der Waals surface area (Å²) < 4.78 is 12.9. The summed E-state index contributed by atoms with van der Waals surface area (Å²) in [5.41, 5.74) is 0.938. The number of carbonyl (C=O) groups excluding carboxylic acids is 1. The molecule has 0 spiro atoms. The number of benzene rings is 1. The van der Waals surface area contributed by atoms with Crippen molar-refractivity contribution in [2.45, 2.75) is 0 Å². The summed E-state index contributed by atoms with van der Waals surface area (Å²) in [6, 6.07) is 6.03. The van der Waals surface area contributed by atoms with Crippen molar-refractivity contribution in [2.75, 3.05) is 36.4 Å². The molecule has 3 rings (SSSR count). The largest absolute Gasteiger partial charge is 0.505 e. The number of urea groups is 1. The van der Waals surface area contributed by atoms with E-state index in [1.54, 1.807) is 17.0 Å². The summed E-state index contributed by atoms with van der Waals surface area (Å²) in [7, 11) is 0. The first kappa shape index (κ1) is 15.0. The molecule has 23 heavy (non-hydrogen) atoms. The lowest BCUT2D eigenvalue weighted by Crippen LogP contribution is -2.50. The third-order valence-electron chi connectivity index (χ3n) is 3.62. The molecular weight excluding hydrogens is 301 g/mol. The van der Waals surface area contributed by atoms with E-state index >= 15 is 0 Å². The Bertz CT molecular complexity index is 669. The number of hydrogen-bond acceptors (Lipinski definition) is 5. The predicted octanol–water partition coefficient (Wildman–Crippen LogP) is 1.68. The van der Waals surface area contributed by atoms with Crippen LogP contribution < -0.4 is 10.2 Å². The highest BCUT2D eigenvalue weighted by Gasteiger charge is 2.21. The molecule has 120 valence electrons. The number of hydrogen-bond donors (Lipinski definition) is 2. The van der Waals surface area contributed by atoms with E-state index in [1.165, 1.54) is 24.5 Å². The summed E-state index contributed by atoms with van der Waals surface area (Å²) in [6.07, 6.45) is 2.43. The van der Waals surface area contributed by atoms with Crippen LogP contribution in [0.1, 0.15) is 0 Å². The van der Waals surface area contributed by atoms with E-state index in [2.05, 4.69) is 20.2 Å². The van der Waals surface area contributed by atoms with Crippen LogP contribution in [0.4, 0.5) is 20.8 Å². The van der Waals surface area contributed by atoms with Gasteiger partial charge in [-0.1, -0.05) is 0 Å². The number of nitrogens with zero attached hydrogens (tertiary/aromatic N) is 4. The number of halogens is 1. The van der Waals surface area contributed by atoms with Crippen molar-refractivity contribution < 1.29 is 14.3 Å². The third-order valence-corrected chi connectivity index (χ3v) is 3.62. The Balaban J connectivity index is 1.54. The zero-order chi connectivity index (χ0) is 16.2. The Morgan fingerprint density at radius 2 is 1.70 bits per heavy atom. The van der Waals surface area contributed by atoms with Crippen LogP contribution in [0.25, 0.3) is 0 Å². The SMILES string of the molecule is O=C(Nc1ncc(O)cn1)N1CCN(c2ccc(F)cc2)CC1. The number of anilines is 2. The molecule has 0 atom stereocenters. The van der Waals surface area contributed by atoms with Crippen molar-refractivity contribution >= 4 is 17.7 Å². The normalized spacial score (nSPS) is 14.7. The third kappa shape index (κ3) is 3.65. The van der Waals surface area contributed by atoms with Crippen molar-refractivity contribution in [3.05, 3.63) is 42.5 Å². The van der Waals surface area contributed by atoms with E-state index in [0.717, 1.165) is 5.69 Å². The first-order valence-corrected chi connectivity index (χ1v) is 7.19. The van der Waals surface area contributed by atoms with E-state index in [4.69, 9.17) is 5.11 Å². The molecule has 2 N–H and O–H groups in total. The molecule has 1 aliphatic heterocycles. The van der Waals surface area contributed by atoms with Crippen LogP contribution in [0.15, 0.2) is 36.7 Å². The molecule has 1 aromatic carbocycles. The van der Waals surface area contributed by atoms with Crippen LogP contribution in [-0.2, 0) is 0 Å². The summed E-state index contributed by atoms with van der Waals surface area (Å²) in [5.74, 6) is -0.176. The first-order chi connectivity index (χ1) is 11.1. The van der Waals surface area contributed by atoms with E-state index in [1.807, 2.05) is 0 Å². The molecule has 0 saturated carbocycles. The van der Waals surface area contributed by atoms with Gasteiger partial charge in [-0.2, -0.15) is 0 Å². The number of piperazine rings is 1. The highest BCUT2D eigenvalue weighted by Crippen LogP contribution is 2.17. The van der Waals surface area contributed by atoms with Gasteiger partial charge in [-0.15, -0.1) is 0 Å². The average Bonchev–Trinajstić information content (AvgIpc) is 2.58. The van der Waals surface area contributed by atoms with Gasteiger partial charge >= 0.3 is 6.03 Å². The first-order valence-electron chi connectivity index (χ1n) is 7.19. The summed E-state index contributed by atoms with van der Waals surface area (Å²) in [5, 5.41) is 11.7. The number of amides is 2. The fourth-order valence-corrected chi connectivity index (χ4v) is 2.38. The number of rotatable bonds is 2. The monoisotopic (exact) mass is 317 g/mol. The number of aromatic nitrogens is 2. The van der Waals surface area contributed by atoms with Gasteiger partial charge in [-0.05, 0) is 24.3 Å². The average molecular weight is 317 g/mol. The zero-order valence-corrected chi connectivity index (χ0v) is 12.3. The highest BCUT2D eigenvalue weighted by molar-refractivity contribution is 5.87. The molecule has 1 aliphatic rings. The Labute approximate surface area is 132 Å². The van der Waals surface area contributed by atoms with Crippen molar-refractivity contribution in [1.29, 1.82) is 0 Å². The molecule has 0 aliphatic carbocycles. The maximum absolute atomic E-state index is 12.9. The van der Waals surface area contributed by atoms with Crippen molar-refractivity contribution in [2.24, 2.45) is 0 Å². The Morgan fingerprint density at radius 1 is 1.09 bits per heavy atom. The van der Waals surface area contributed by atoms with Crippen molar-refractivity contribution in [1.82, 2.24) is 14.9 Å². The molecule has 2 heterocycles. The molecule has 1 aromatic heterocycles. The van der Waals surface area contributed by atoms with Gasteiger partial charge in [0.1, 0.15) is 5.82 Å². The van der Waals surface area contributed by atoms with Gasteiger partial charge in [0.2, 0.25) is 5.95 Å². The molecule has 2 amide bonds. The highest BCUT2D eigenvalue weighted by atomic mass is 19.1. The second-order valence-electron chi connectivity index (χ2n) is 5.15. The molecule has 7 nitrogen and oxygen atoms in total. The Hall–Kier alpha value is -2.90. The molecule has 1 fully saturated rings. The number of aromatic hydroxyl groups is 1. The summed E-state index contributed by atoms with van der Waals surface area (Å²) in [4.78, 5) is 23.5. The minimum absolute atomic E-state index is 0.0593. The molecular formula is C15H16FN5O2. The van der Waals surface area contributed by atoms with Gasteiger partial charge in [0.25, 0.3) is 0 Å². The molecule has 0 radical (unpaired) electrons. The quantitative estimate of drug-likeness (QED) is 0.880. The summed E-state index contributed by atoms with van der Waals surface area (Å²) >= 11 is 0. The van der Waals surface area contributed by atoms with Crippen LogP contribution in [0, 0.1) is 5.82 Å². The number of carbonyl (C=O) groups is 1. The standard InChI is InChI=1S/C15H16FN5O2/c16-11-1-3-12(4-2-11)20-5-7-21(8-6-20)15(23)19-14-17-9-13(22)10-18-14/h1-4,9-10,22H,5-8H2,(H,17,18,19,23). The van der Waals surface area contributed by atoms with Crippen LogP contribution in [0.5, 0.6) is 5.75 Å². The van der Waals surface area contributed by atoms with Gasteiger partial charge < -0.3 is 14.9 Å². The van der Waals surface area contributed by atoms with Crippen LogP contribution >= 0.6 is 0 Å². The minimum atomic E-state index is -0.283. The lowest BCUT2D eigenvalue weighted by Gasteiger charge is -2.35. The van der Waals surface area contributed by atoms with Crippen LogP contribution in [0.2, 0.25) is 0 Å². The van der Waals surface area contributed by atoms with E-state index in [-0.39, 0.29) is 23.5 Å². The molecule has 8 heteroatoms. The van der Waals surface area contributed by atoms with Gasteiger partial charge in [0, 0.05) is 31.9 Å². The Morgan fingerprint density at radius 3 is 2.30 bits per heavy atom. The zero-order valence-electron chi connectivity index (χ0n) is 12.3. The molecule has 0 unspecified atom stereocenters. The van der Waals surface area contributed by atoms with Crippen molar-refractivity contribution in [3.8, 4) is 5.75 Å². The van der Waals surface area contributed by atoms with Gasteiger partial charge in [0.05, 0.1) is 12.4 Å². The topological polar surface area (TPSA) is 81.6 Å². The Kier molecular flexibility index (Phi) is 4.22. The van der Waals surface area contributed by atoms with Gasteiger partial charge in [-0.25, -0.2) is 19.2 Å². The van der Waals surface area contributed by atoms with Crippen molar-refractivity contribution in [3.63, 3.8) is 0 Å². The second kappa shape index (κ2) is 6.47. The van der Waals surface area contributed by atoms with Gasteiger partial charge in [0.15, 0.2) is 5.75 Å². The van der Waals surface area contributed by atoms with E-state index < -0.39 is 0 Å². The van der Waals surface area contributed by atoms with E-state index in [9.17, 15) is 9.18 Å². The maximum Gasteiger partial charge on any atom is 0.324 e. The number of nitrogens with one attached hydrogen (secondary N) is 1. The maximum atomic E-state index is 12.9. The predicted molar refractivity (Wildman–Crippen MR) is 82.9 cm³/mol. The smallest absolute Gasteiger partial charge is 0.324 e. The molecule has 0 bridgehead atoms. The lowest BCUT2D eigenvalue weighted by atomic mass is 10.2. The minimum Gasteiger partial charge on any atom is -0.505 e.